The van der Waals surface area contributed by atoms with Crippen LogP contribution in [0.1, 0.15) is 32.3 Å². The Balaban J connectivity index is 2.19. The van der Waals surface area contributed by atoms with Gasteiger partial charge >= 0.3 is 0 Å². The van der Waals surface area contributed by atoms with E-state index in [9.17, 15) is 8.42 Å². The molecule has 1 aliphatic rings. The number of benzene rings is 1. The smallest absolute Gasteiger partial charge is 0.207 e. The molecule has 0 radical (unpaired) electrons. The fourth-order valence-electron chi connectivity index (χ4n) is 2.36. The minimum absolute atomic E-state index is 0.191. The molecule has 0 aliphatic carbocycles. The van der Waals surface area contributed by atoms with Crippen LogP contribution in [0.4, 0.5) is 0 Å². The van der Waals surface area contributed by atoms with Crippen molar-refractivity contribution in [2.45, 2.75) is 44.6 Å². The van der Waals surface area contributed by atoms with Crippen LogP contribution in [-0.4, -0.2) is 25.3 Å². The number of sulfonamides is 1. The van der Waals surface area contributed by atoms with Crippen LogP contribution in [0.25, 0.3) is 0 Å². The summed E-state index contributed by atoms with van der Waals surface area (Å²) in [5.41, 5.74) is 1.08. The van der Waals surface area contributed by atoms with Crippen molar-refractivity contribution in [3.05, 3.63) is 29.8 Å². The number of hydrogen-bond donors (Lipinski definition) is 0. The summed E-state index contributed by atoms with van der Waals surface area (Å²) in [4.78, 5) is 0.418. The molecular weight excluding hydrogens is 246 g/mol. The second-order valence-electron chi connectivity index (χ2n) is 5.50. The summed E-state index contributed by atoms with van der Waals surface area (Å²) in [5.74, 6) is 0.533. The molecule has 0 unspecified atom stereocenters. The first-order valence-corrected chi connectivity index (χ1v) is 7.94. The molecular formula is C14H21NO2S. The number of rotatable bonds is 4. The van der Waals surface area contributed by atoms with Crippen LogP contribution in [0.15, 0.2) is 29.2 Å². The highest BCUT2D eigenvalue weighted by molar-refractivity contribution is 7.89. The zero-order valence-electron chi connectivity index (χ0n) is 11.3. The highest BCUT2D eigenvalue weighted by Crippen LogP contribution is 2.30. The molecule has 0 spiro atoms. The maximum Gasteiger partial charge on any atom is 0.243 e. The molecule has 1 saturated heterocycles. The minimum Gasteiger partial charge on any atom is -0.207 e. The lowest BCUT2D eigenvalue weighted by Gasteiger charge is -2.40. The molecule has 0 aromatic heterocycles. The second-order valence-corrected chi connectivity index (χ2v) is 7.39. The largest absolute Gasteiger partial charge is 0.243 e. The van der Waals surface area contributed by atoms with Crippen LogP contribution in [0.3, 0.4) is 0 Å². The maximum absolute atomic E-state index is 12.4. The van der Waals surface area contributed by atoms with E-state index < -0.39 is 10.0 Å². The topological polar surface area (TPSA) is 37.4 Å². The molecule has 3 nitrogen and oxygen atoms in total. The Kier molecular flexibility index (Phi) is 3.78. The van der Waals surface area contributed by atoms with E-state index in [-0.39, 0.29) is 6.04 Å². The van der Waals surface area contributed by atoms with Gasteiger partial charge in [0.05, 0.1) is 4.90 Å². The van der Waals surface area contributed by atoms with Crippen molar-refractivity contribution in [3.63, 3.8) is 0 Å². The molecule has 2 rings (SSSR count). The van der Waals surface area contributed by atoms with Crippen molar-refractivity contribution in [1.82, 2.24) is 4.31 Å². The Morgan fingerprint density at radius 2 is 1.89 bits per heavy atom. The van der Waals surface area contributed by atoms with Gasteiger partial charge in [0.1, 0.15) is 0 Å². The standard InChI is InChI=1S/C14H21NO2S/c1-11(2)10-13-8-9-15(13)18(16,17)14-6-4-12(3)5-7-14/h4-7,11,13H,8-10H2,1-3H3/t13-/m1/s1. The van der Waals surface area contributed by atoms with Crippen molar-refractivity contribution in [1.29, 1.82) is 0 Å². The van der Waals surface area contributed by atoms with Crippen molar-refractivity contribution in [3.8, 4) is 0 Å². The Bertz CT molecular complexity index is 505. The third-order valence-corrected chi connectivity index (χ3v) is 5.43. The third kappa shape index (κ3) is 2.59. The van der Waals surface area contributed by atoms with Gasteiger partial charge in [-0.25, -0.2) is 8.42 Å². The molecule has 4 heteroatoms. The molecule has 1 aromatic carbocycles. The van der Waals surface area contributed by atoms with Crippen LogP contribution < -0.4 is 0 Å². The first-order chi connectivity index (χ1) is 8.41. The molecule has 18 heavy (non-hydrogen) atoms. The van der Waals surface area contributed by atoms with E-state index in [1.165, 1.54) is 0 Å². The quantitative estimate of drug-likeness (QED) is 0.841. The van der Waals surface area contributed by atoms with Gasteiger partial charge in [0.25, 0.3) is 0 Å². The van der Waals surface area contributed by atoms with Gasteiger partial charge in [-0.15, -0.1) is 0 Å². The third-order valence-electron chi connectivity index (χ3n) is 3.46. The van der Waals surface area contributed by atoms with Crippen molar-refractivity contribution >= 4 is 10.0 Å². The summed E-state index contributed by atoms with van der Waals surface area (Å²) in [6.07, 6.45) is 1.94. The van der Waals surface area contributed by atoms with Gasteiger partial charge in [-0.05, 0) is 37.8 Å². The van der Waals surface area contributed by atoms with Gasteiger partial charge < -0.3 is 0 Å². The van der Waals surface area contributed by atoms with E-state index in [0.717, 1.165) is 18.4 Å². The van der Waals surface area contributed by atoms with Crippen molar-refractivity contribution in [2.24, 2.45) is 5.92 Å². The van der Waals surface area contributed by atoms with E-state index in [1.807, 2.05) is 19.1 Å². The summed E-state index contributed by atoms with van der Waals surface area (Å²) in [6, 6.07) is 7.30. The lowest BCUT2D eigenvalue weighted by Crippen LogP contribution is -2.51. The van der Waals surface area contributed by atoms with E-state index in [4.69, 9.17) is 0 Å². The van der Waals surface area contributed by atoms with Gasteiger partial charge in [-0.2, -0.15) is 4.31 Å². The predicted molar refractivity (Wildman–Crippen MR) is 72.9 cm³/mol. The number of hydrogen-bond acceptors (Lipinski definition) is 2. The Morgan fingerprint density at radius 3 is 2.33 bits per heavy atom. The van der Waals surface area contributed by atoms with Crippen LogP contribution in [0, 0.1) is 12.8 Å². The highest BCUT2D eigenvalue weighted by atomic mass is 32.2. The fraction of sp³-hybridized carbons (Fsp3) is 0.571. The monoisotopic (exact) mass is 267 g/mol. The van der Waals surface area contributed by atoms with E-state index in [2.05, 4.69) is 13.8 Å². The van der Waals surface area contributed by atoms with E-state index in [0.29, 0.717) is 17.4 Å². The molecule has 100 valence electrons. The second kappa shape index (κ2) is 5.02. The van der Waals surface area contributed by atoms with Gasteiger partial charge in [0, 0.05) is 12.6 Å². The molecule has 1 heterocycles. The molecule has 1 aliphatic heterocycles. The summed E-state index contributed by atoms with van der Waals surface area (Å²) < 4.78 is 26.5. The first kappa shape index (κ1) is 13.6. The lowest BCUT2D eigenvalue weighted by molar-refractivity contribution is 0.172. The van der Waals surface area contributed by atoms with Gasteiger partial charge in [-0.1, -0.05) is 31.5 Å². The van der Waals surface area contributed by atoms with E-state index in [1.54, 1.807) is 16.4 Å². The summed E-state index contributed by atoms with van der Waals surface area (Å²) >= 11 is 0. The van der Waals surface area contributed by atoms with Gasteiger partial charge in [-0.3, -0.25) is 0 Å². The fourth-order valence-corrected chi connectivity index (χ4v) is 4.04. The number of aryl methyl sites for hydroxylation is 1. The maximum atomic E-state index is 12.4. The van der Waals surface area contributed by atoms with E-state index >= 15 is 0 Å². The summed E-state index contributed by atoms with van der Waals surface area (Å²) in [7, 11) is -3.28. The Morgan fingerprint density at radius 1 is 1.28 bits per heavy atom. The van der Waals surface area contributed by atoms with Gasteiger partial charge in [0.2, 0.25) is 10.0 Å². The molecule has 0 N–H and O–H groups in total. The molecule has 0 bridgehead atoms. The molecule has 0 amide bonds. The molecule has 1 atom stereocenters. The van der Waals surface area contributed by atoms with Crippen LogP contribution in [0.5, 0.6) is 0 Å². The SMILES string of the molecule is Cc1ccc(S(=O)(=O)N2CC[C@@H]2CC(C)C)cc1. The molecule has 0 saturated carbocycles. The zero-order valence-corrected chi connectivity index (χ0v) is 12.1. The molecule has 1 aromatic rings. The van der Waals surface area contributed by atoms with Gasteiger partial charge in [0.15, 0.2) is 0 Å². The van der Waals surface area contributed by atoms with Crippen molar-refractivity contribution in [2.75, 3.05) is 6.54 Å². The predicted octanol–water partition coefficient (Wildman–Crippen LogP) is 2.80. The minimum atomic E-state index is -3.28. The molecule has 1 fully saturated rings. The Labute approximate surface area is 110 Å². The lowest BCUT2D eigenvalue weighted by atomic mass is 9.96. The average molecular weight is 267 g/mol. The van der Waals surface area contributed by atoms with Crippen LogP contribution >= 0.6 is 0 Å². The number of nitrogens with zero attached hydrogens (tertiary/aromatic N) is 1. The summed E-state index contributed by atoms with van der Waals surface area (Å²) in [5, 5.41) is 0. The summed E-state index contributed by atoms with van der Waals surface area (Å²) in [6.45, 7) is 6.89. The first-order valence-electron chi connectivity index (χ1n) is 6.50. The zero-order chi connectivity index (χ0) is 13.3. The van der Waals surface area contributed by atoms with Crippen LogP contribution in [-0.2, 0) is 10.0 Å². The average Bonchev–Trinajstić information content (AvgIpc) is 2.24. The Hall–Kier alpha value is -0.870. The van der Waals surface area contributed by atoms with Crippen LogP contribution in [0.2, 0.25) is 0 Å². The highest BCUT2D eigenvalue weighted by Gasteiger charge is 2.38. The van der Waals surface area contributed by atoms with Crippen molar-refractivity contribution < 1.29 is 8.42 Å². The normalized spacial score (nSPS) is 21.0.